The van der Waals surface area contributed by atoms with Crippen LogP contribution >= 0.6 is 15.9 Å². The fourth-order valence-corrected chi connectivity index (χ4v) is 1.73. The molecular weight excluding hydrogens is 276 g/mol. The lowest BCUT2D eigenvalue weighted by atomic mass is 9.82. The van der Waals surface area contributed by atoms with E-state index in [2.05, 4.69) is 29.4 Å². The van der Waals surface area contributed by atoms with Crippen LogP contribution in [0.25, 0.3) is 0 Å². The van der Waals surface area contributed by atoms with Crippen LogP contribution in [0, 0.1) is 12.8 Å². The first-order valence-corrected chi connectivity index (χ1v) is 4.86. The minimum Gasteiger partial charge on any atom is -0.235 e. The van der Waals surface area contributed by atoms with Gasteiger partial charge in [-0.25, -0.2) is 17.6 Å². The van der Waals surface area contributed by atoms with Crippen LogP contribution in [0.1, 0.15) is 6.42 Å². The zero-order valence-electron chi connectivity index (χ0n) is 7.67. The quantitative estimate of drug-likeness (QED) is 0.657. The van der Waals surface area contributed by atoms with Crippen LogP contribution in [0.15, 0.2) is 34.6 Å². The van der Waals surface area contributed by atoms with Crippen molar-refractivity contribution in [3.8, 4) is 0 Å². The highest BCUT2D eigenvalue weighted by molar-refractivity contribution is 9.11. The molecule has 0 saturated heterocycles. The predicted octanol–water partition coefficient (Wildman–Crippen LogP) is 4.46. The largest absolute Gasteiger partial charge is 0.235 e. The van der Waals surface area contributed by atoms with Crippen molar-refractivity contribution in [2.75, 3.05) is 0 Å². The second-order valence-corrected chi connectivity index (χ2v) is 4.42. The Hall–Kier alpha value is -0.580. The average molecular weight is 284 g/mol. The summed E-state index contributed by atoms with van der Waals surface area (Å²) in [5.41, 5.74) is -2.67. The standard InChI is InChI=1S/C10H8BrF4/c1-5(11)4-10(15)6(2)9(14)7(12)3-8(10)13/h3,6H,1-2,4H2. The predicted molar refractivity (Wildman–Crippen MR) is 53.8 cm³/mol. The van der Waals surface area contributed by atoms with Crippen molar-refractivity contribution >= 4 is 15.9 Å². The van der Waals surface area contributed by atoms with Gasteiger partial charge in [0.25, 0.3) is 0 Å². The normalized spacial score (nSPS) is 31.6. The molecule has 1 rings (SSSR count). The number of hydrogen-bond acceptors (Lipinski definition) is 0. The van der Waals surface area contributed by atoms with E-state index in [1.807, 2.05) is 0 Å². The number of alkyl halides is 1. The van der Waals surface area contributed by atoms with Crippen molar-refractivity contribution in [3.05, 3.63) is 41.5 Å². The van der Waals surface area contributed by atoms with Gasteiger partial charge in [0, 0.05) is 12.5 Å². The number of allylic oxidation sites excluding steroid dienone is 5. The second kappa shape index (κ2) is 4.12. The van der Waals surface area contributed by atoms with E-state index >= 15 is 0 Å². The summed E-state index contributed by atoms with van der Waals surface area (Å²) < 4.78 is 53.1. The monoisotopic (exact) mass is 283 g/mol. The van der Waals surface area contributed by atoms with E-state index in [-0.39, 0.29) is 10.6 Å². The third-order valence-corrected chi connectivity index (χ3v) is 2.47. The van der Waals surface area contributed by atoms with Crippen LogP contribution in [0.2, 0.25) is 0 Å². The summed E-state index contributed by atoms with van der Waals surface area (Å²) in [4.78, 5) is 0. The van der Waals surface area contributed by atoms with Crippen LogP contribution < -0.4 is 0 Å². The molecule has 0 aromatic rings. The number of halogens is 5. The molecule has 0 aromatic heterocycles. The summed E-state index contributed by atoms with van der Waals surface area (Å²) in [7, 11) is 0. The van der Waals surface area contributed by atoms with Crippen LogP contribution in [0.4, 0.5) is 17.6 Å². The van der Waals surface area contributed by atoms with Gasteiger partial charge in [-0.3, -0.25) is 0 Å². The fourth-order valence-electron chi connectivity index (χ4n) is 1.32. The topological polar surface area (TPSA) is 0 Å². The Bertz CT molecular complexity index is 358. The van der Waals surface area contributed by atoms with Gasteiger partial charge >= 0.3 is 0 Å². The Morgan fingerprint density at radius 2 is 2.00 bits per heavy atom. The molecule has 83 valence electrons. The molecule has 5 heteroatoms. The molecule has 1 aliphatic rings. The molecule has 15 heavy (non-hydrogen) atoms. The van der Waals surface area contributed by atoms with Crippen molar-refractivity contribution in [1.82, 2.24) is 0 Å². The van der Waals surface area contributed by atoms with Gasteiger partial charge in [-0.2, -0.15) is 0 Å². The smallest absolute Gasteiger partial charge is 0.175 e. The van der Waals surface area contributed by atoms with Gasteiger partial charge in [0.1, 0.15) is 11.7 Å². The van der Waals surface area contributed by atoms with Crippen molar-refractivity contribution in [3.63, 3.8) is 0 Å². The van der Waals surface area contributed by atoms with E-state index in [9.17, 15) is 17.6 Å². The third kappa shape index (κ3) is 2.17. The number of rotatable bonds is 2. The lowest BCUT2D eigenvalue weighted by Gasteiger charge is -2.31. The molecule has 0 aliphatic heterocycles. The molecule has 0 N–H and O–H groups in total. The summed E-state index contributed by atoms with van der Waals surface area (Å²) in [6.45, 7) is 6.43. The summed E-state index contributed by atoms with van der Waals surface area (Å²) in [6, 6.07) is 0. The minimum absolute atomic E-state index is 0.150. The molecule has 0 amide bonds. The lowest BCUT2D eigenvalue weighted by Crippen LogP contribution is -2.35. The van der Waals surface area contributed by atoms with Gasteiger partial charge in [0.15, 0.2) is 11.5 Å². The third-order valence-electron chi connectivity index (χ3n) is 2.19. The minimum atomic E-state index is -2.67. The van der Waals surface area contributed by atoms with E-state index in [4.69, 9.17) is 0 Å². The lowest BCUT2D eigenvalue weighted by molar-refractivity contribution is 0.117. The van der Waals surface area contributed by atoms with Gasteiger partial charge in [0.2, 0.25) is 0 Å². The van der Waals surface area contributed by atoms with Crippen molar-refractivity contribution in [2.24, 2.45) is 5.92 Å². The number of hydrogen-bond donors (Lipinski definition) is 0. The highest BCUT2D eigenvalue weighted by Crippen LogP contribution is 2.46. The van der Waals surface area contributed by atoms with Crippen molar-refractivity contribution < 1.29 is 17.6 Å². The van der Waals surface area contributed by atoms with Crippen LogP contribution in [-0.4, -0.2) is 5.67 Å². The van der Waals surface area contributed by atoms with Crippen LogP contribution in [0.5, 0.6) is 0 Å². The maximum Gasteiger partial charge on any atom is 0.175 e. The van der Waals surface area contributed by atoms with Gasteiger partial charge in [-0.15, -0.1) is 0 Å². The van der Waals surface area contributed by atoms with Gasteiger partial charge in [0.05, 0.1) is 5.92 Å². The van der Waals surface area contributed by atoms with Gasteiger partial charge in [-0.1, -0.05) is 22.5 Å². The summed E-state index contributed by atoms with van der Waals surface area (Å²) >= 11 is 2.85. The summed E-state index contributed by atoms with van der Waals surface area (Å²) in [6.07, 6.45) is -0.294. The first-order chi connectivity index (χ1) is 6.79. The first kappa shape index (κ1) is 12.5. The maximum absolute atomic E-state index is 14.0. The summed E-state index contributed by atoms with van der Waals surface area (Å²) in [5.74, 6) is -5.91. The Labute approximate surface area is 93.5 Å². The Morgan fingerprint density at radius 1 is 1.47 bits per heavy atom. The molecular formula is C10H8BrF4. The van der Waals surface area contributed by atoms with E-state index in [1.165, 1.54) is 0 Å². The molecule has 0 heterocycles. The molecule has 0 nitrogen and oxygen atoms in total. The van der Waals surface area contributed by atoms with Crippen molar-refractivity contribution in [1.29, 1.82) is 0 Å². The van der Waals surface area contributed by atoms with E-state index in [0.717, 1.165) is 0 Å². The first-order valence-electron chi connectivity index (χ1n) is 4.07. The SMILES string of the molecule is [CH2]C1C(F)=C(F)C=C(F)C1(F)CC(=C)Br. The highest BCUT2D eigenvalue weighted by atomic mass is 79.9. The molecule has 0 saturated carbocycles. The Morgan fingerprint density at radius 3 is 2.47 bits per heavy atom. The van der Waals surface area contributed by atoms with Crippen molar-refractivity contribution in [2.45, 2.75) is 12.1 Å². The molecule has 0 bridgehead atoms. The highest BCUT2D eigenvalue weighted by Gasteiger charge is 2.47. The molecule has 2 unspecified atom stereocenters. The van der Waals surface area contributed by atoms with Gasteiger partial charge < -0.3 is 0 Å². The zero-order chi connectivity index (χ0) is 11.8. The van der Waals surface area contributed by atoms with E-state index in [1.54, 1.807) is 0 Å². The Balaban J connectivity index is 3.13. The Kier molecular flexibility index (Phi) is 3.43. The fraction of sp³-hybridized carbons (Fsp3) is 0.300. The van der Waals surface area contributed by atoms with Crippen LogP contribution in [0.3, 0.4) is 0 Å². The molecule has 0 aromatic carbocycles. The molecule has 0 fully saturated rings. The zero-order valence-corrected chi connectivity index (χ0v) is 9.25. The van der Waals surface area contributed by atoms with E-state index in [0.29, 0.717) is 0 Å². The molecule has 0 spiro atoms. The summed E-state index contributed by atoms with van der Waals surface area (Å²) in [5, 5.41) is 0. The molecule has 1 radical (unpaired) electrons. The van der Waals surface area contributed by atoms with Gasteiger partial charge in [-0.05, 0) is 11.4 Å². The second-order valence-electron chi connectivity index (χ2n) is 3.30. The maximum atomic E-state index is 14.0. The molecule has 2 atom stereocenters. The van der Waals surface area contributed by atoms with E-state index < -0.39 is 35.5 Å². The average Bonchev–Trinajstić information content (AvgIpc) is 2.11. The van der Waals surface area contributed by atoms with Crippen LogP contribution in [-0.2, 0) is 0 Å². The molecule has 1 aliphatic carbocycles.